The molecule has 202 valence electrons. The molecule has 6 atom stereocenters. The number of allylic oxidation sites excluding steroid dienone is 2. The quantitative estimate of drug-likeness (QED) is 0.327. The largest absolute Gasteiger partial charge is 0.504 e. The molecule has 4 amide bonds. The maximum atomic E-state index is 14.2. The summed E-state index contributed by atoms with van der Waals surface area (Å²) in [7, 11) is 0. The summed E-state index contributed by atoms with van der Waals surface area (Å²) >= 11 is 14.5. The molecule has 2 aliphatic heterocycles. The second-order valence-corrected chi connectivity index (χ2v) is 11.5. The van der Waals surface area contributed by atoms with E-state index in [9.17, 15) is 28.7 Å². The molecule has 0 spiro atoms. The van der Waals surface area contributed by atoms with Crippen LogP contribution in [0.25, 0.3) is 0 Å². The van der Waals surface area contributed by atoms with Crippen molar-refractivity contribution in [1.29, 1.82) is 0 Å². The average molecular weight is 573 g/mol. The van der Waals surface area contributed by atoms with Crippen LogP contribution in [0.15, 0.2) is 54.1 Å². The summed E-state index contributed by atoms with van der Waals surface area (Å²) in [4.78, 5) is 50.5. The number of hydrogen-bond acceptors (Lipinski definition) is 6. The zero-order valence-electron chi connectivity index (χ0n) is 20.6. The Morgan fingerprint density at radius 1 is 1.05 bits per heavy atom. The fourth-order valence-electron chi connectivity index (χ4n) is 6.66. The molecular weight excluding hydrogens is 550 g/mol. The molecule has 0 aromatic heterocycles. The van der Waals surface area contributed by atoms with Gasteiger partial charge in [0.2, 0.25) is 11.8 Å². The van der Waals surface area contributed by atoms with Gasteiger partial charge in [-0.1, -0.05) is 17.7 Å². The van der Waals surface area contributed by atoms with Crippen molar-refractivity contribution in [3.05, 3.63) is 65.5 Å². The van der Waals surface area contributed by atoms with Gasteiger partial charge in [0.1, 0.15) is 5.82 Å². The maximum absolute atomic E-state index is 14.2. The molecule has 0 radical (unpaired) electrons. The number of nitrogens with one attached hydrogen (secondary N) is 1. The van der Waals surface area contributed by atoms with Gasteiger partial charge in [0.05, 0.1) is 24.1 Å². The fourth-order valence-corrected chi connectivity index (χ4v) is 7.60. The highest BCUT2D eigenvalue weighted by molar-refractivity contribution is 6.58. The number of benzene rings is 2. The summed E-state index contributed by atoms with van der Waals surface area (Å²) < 4.78 is 19.3. The highest BCUT2D eigenvalue weighted by Crippen LogP contribution is 2.65. The maximum Gasteiger partial charge on any atom is 0.258 e. The first kappa shape index (κ1) is 25.8. The molecule has 39 heavy (non-hydrogen) atoms. The number of amides is 4. The van der Waals surface area contributed by atoms with Crippen LogP contribution in [0, 0.1) is 23.6 Å². The van der Waals surface area contributed by atoms with Gasteiger partial charge < -0.3 is 9.84 Å². The standard InChI is InChI=1S/C28H23Cl2FN2O6/c1-2-39-20-11-13(3-10-19(20)34)22-16-8-9-17-21(24(36)32-23(17)35)18(16)12-27(29)25(37)33(26(38)28(22,27)30)15-6-4-14(31)5-7-15/h3-8,10-11,17-18,21-22,34H,2,9,12H2,1H3,(H,32,35,36). The SMILES string of the molecule is CCOc1cc(C2C3=CCC4C(=O)NC(=O)C4C3CC3(Cl)C(=O)N(c4ccc(F)cc4)C(=O)C23Cl)ccc1O. The van der Waals surface area contributed by atoms with E-state index in [1.54, 1.807) is 25.1 Å². The Morgan fingerprint density at radius 3 is 2.46 bits per heavy atom. The van der Waals surface area contributed by atoms with Gasteiger partial charge in [-0.3, -0.25) is 24.5 Å². The number of alkyl halides is 2. The van der Waals surface area contributed by atoms with Crippen molar-refractivity contribution in [1.82, 2.24) is 5.32 Å². The Labute approximate surface area is 232 Å². The van der Waals surface area contributed by atoms with Crippen LogP contribution < -0.4 is 15.0 Å². The van der Waals surface area contributed by atoms with Gasteiger partial charge in [-0.15, -0.1) is 23.2 Å². The van der Waals surface area contributed by atoms with Crippen LogP contribution in [0.1, 0.15) is 31.2 Å². The number of carbonyl (C=O) groups excluding carboxylic acids is 4. The number of carbonyl (C=O) groups is 4. The predicted molar refractivity (Wildman–Crippen MR) is 139 cm³/mol. The second kappa shape index (κ2) is 8.79. The first-order valence-electron chi connectivity index (χ1n) is 12.6. The smallest absolute Gasteiger partial charge is 0.258 e. The number of halogens is 3. The topological polar surface area (TPSA) is 113 Å². The molecule has 11 heteroatoms. The van der Waals surface area contributed by atoms with Gasteiger partial charge in [-0.25, -0.2) is 9.29 Å². The van der Waals surface area contributed by atoms with Crippen LogP contribution in [0.5, 0.6) is 11.5 Å². The predicted octanol–water partition coefficient (Wildman–Crippen LogP) is 3.78. The number of ether oxygens (including phenoxy) is 1. The number of imide groups is 2. The summed E-state index contributed by atoms with van der Waals surface area (Å²) in [6, 6.07) is 9.32. The van der Waals surface area contributed by atoms with E-state index in [1.165, 1.54) is 18.2 Å². The van der Waals surface area contributed by atoms with Crippen LogP contribution in [0.4, 0.5) is 10.1 Å². The first-order valence-corrected chi connectivity index (χ1v) is 13.3. The molecular formula is C28H23Cl2FN2O6. The molecule has 2 saturated heterocycles. The number of phenolic OH excluding ortho intramolecular Hbond substituents is 1. The first-order chi connectivity index (χ1) is 18.5. The zero-order valence-corrected chi connectivity index (χ0v) is 22.1. The summed E-state index contributed by atoms with van der Waals surface area (Å²) in [6.45, 7) is 2.00. The molecule has 2 aliphatic carbocycles. The van der Waals surface area contributed by atoms with Crippen LogP contribution in [0.3, 0.4) is 0 Å². The normalized spacial score (nSPS) is 33.3. The van der Waals surface area contributed by atoms with Crippen LogP contribution in [-0.4, -0.2) is 45.1 Å². The Bertz CT molecular complexity index is 1480. The Morgan fingerprint density at radius 2 is 1.77 bits per heavy atom. The number of anilines is 1. The Kier molecular flexibility index (Phi) is 5.82. The minimum atomic E-state index is -2.05. The van der Waals surface area contributed by atoms with Crippen LogP contribution in [-0.2, 0) is 19.2 Å². The van der Waals surface area contributed by atoms with Crippen LogP contribution in [0.2, 0.25) is 0 Å². The van der Waals surface area contributed by atoms with Gasteiger partial charge in [0, 0.05) is 5.92 Å². The molecule has 8 nitrogen and oxygen atoms in total. The Hall–Kier alpha value is -3.43. The number of aromatic hydroxyl groups is 1. The van der Waals surface area contributed by atoms with Crippen molar-refractivity contribution in [3.63, 3.8) is 0 Å². The zero-order chi connectivity index (χ0) is 27.9. The molecule has 3 fully saturated rings. The van der Waals surface area contributed by atoms with Crippen molar-refractivity contribution in [2.24, 2.45) is 17.8 Å². The second-order valence-electron chi connectivity index (χ2n) is 10.3. The van der Waals surface area contributed by atoms with E-state index in [4.69, 9.17) is 27.9 Å². The minimum absolute atomic E-state index is 0.101. The van der Waals surface area contributed by atoms with Crippen molar-refractivity contribution in [3.8, 4) is 11.5 Å². The van der Waals surface area contributed by atoms with E-state index in [0.717, 1.165) is 17.0 Å². The van der Waals surface area contributed by atoms with E-state index >= 15 is 0 Å². The molecule has 6 rings (SSSR count). The number of hydrogen-bond donors (Lipinski definition) is 2. The van der Waals surface area contributed by atoms with Gasteiger partial charge in [-0.05, 0) is 67.6 Å². The van der Waals surface area contributed by atoms with E-state index in [-0.39, 0.29) is 36.6 Å². The summed E-state index contributed by atoms with van der Waals surface area (Å²) in [5.41, 5.74) is 1.16. The van der Waals surface area contributed by atoms with E-state index in [0.29, 0.717) is 11.1 Å². The Balaban J connectivity index is 1.57. The molecule has 4 aliphatic rings. The van der Waals surface area contributed by atoms with Gasteiger partial charge in [0.25, 0.3) is 11.8 Å². The van der Waals surface area contributed by atoms with Crippen molar-refractivity contribution < 1.29 is 33.4 Å². The number of fused-ring (bicyclic) bond motifs is 4. The fraction of sp³-hybridized carbons (Fsp3) is 0.357. The third-order valence-electron chi connectivity index (χ3n) is 8.36. The minimum Gasteiger partial charge on any atom is -0.504 e. The molecule has 2 aromatic rings. The van der Waals surface area contributed by atoms with Crippen molar-refractivity contribution in [2.75, 3.05) is 11.5 Å². The number of nitrogens with zero attached hydrogens (tertiary/aromatic N) is 1. The van der Waals surface area contributed by atoms with E-state index in [2.05, 4.69) is 5.32 Å². The highest BCUT2D eigenvalue weighted by Gasteiger charge is 2.76. The number of phenols is 1. The lowest BCUT2D eigenvalue weighted by atomic mass is 9.56. The van der Waals surface area contributed by atoms with Gasteiger partial charge in [-0.2, -0.15) is 0 Å². The molecule has 1 saturated carbocycles. The van der Waals surface area contributed by atoms with Crippen molar-refractivity contribution >= 4 is 52.5 Å². The molecule has 2 heterocycles. The third-order valence-corrected chi connectivity index (χ3v) is 9.77. The molecule has 0 bridgehead atoms. The van der Waals surface area contributed by atoms with E-state index in [1.807, 2.05) is 0 Å². The summed E-state index contributed by atoms with van der Waals surface area (Å²) in [5.74, 6) is -6.08. The molecule has 6 unspecified atom stereocenters. The molecule has 2 N–H and O–H groups in total. The summed E-state index contributed by atoms with van der Waals surface area (Å²) in [6.07, 6.45) is 1.88. The van der Waals surface area contributed by atoms with Crippen LogP contribution >= 0.6 is 23.2 Å². The lowest BCUT2D eigenvalue weighted by molar-refractivity contribution is -0.127. The van der Waals surface area contributed by atoms with Gasteiger partial charge >= 0.3 is 0 Å². The van der Waals surface area contributed by atoms with Gasteiger partial charge in [0.15, 0.2) is 21.2 Å². The molecule has 2 aromatic carbocycles. The summed E-state index contributed by atoms with van der Waals surface area (Å²) in [5, 5.41) is 12.7. The lowest BCUT2D eigenvalue weighted by Crippen LogP contribution is -2.60. The lowest BCUT2D eigenvalue weighted by Gasteiger charge is -2.50. The van der Waals surface area contributed by atoms with Crippen molar-refractivity contribution in [2.45, 2.75) is 35.4 Å². The highest BCUT2D eigenvalue weighted by atomic mass is 35.5. The monoisotopic (exact) mass is 572 g/mol. The third kappa shape index (κ3) is 3.42. The average Bonchev–Trinajstić information content (AvgIpc) is 3.27. The number of rotatable bonds is 4. The van der Waals surface area contributed by atoms with E-state index < -0.39 is 62.9 Å².